The Hall–Kier alpha value is -0.830. The summed E-state index contributed by atoms with van der Waals surface area (Å²) in [5.41, 5.74) is 1.17. The normalized spacial score (nSPS) is 29.5. The lowest BCUT2D eigenvalue weighted by molar-refractivity contribution is 0.259. The molecular weight excluding hydrogens is 210 g/mol. The molecule has 3 nitrogen and oxygen atoms in total. The monoisotopic (exact) mass is 233 g/mol. The van der Waals surface area contributed by atoms with Gasteiger partial charge in [0, 0.05) is 25.8 Å². The Bertz CT molecular complexity index is 367. The van der Waals surface area contributed by atoms with Gasteiger partial charge in [-0.25, -0.2) is 0 Å². The molecule has 17 heavy (non-hydrogen) atoms. The third-order valence-electron chi connectivity index (χ3n) is 4.34. The van der Waals surface area contributed by atoms with Crippen LogP contribution in [0.25, 0.3) is 0 Å². The second-order valence-electron chi connectivity index (χ2n) is 5.82. The van der Waals surface area contributed by atoms with E-state index < -0.39 is 0 Å². The highest BCUT2D eigenvalue weighted by atomic mass is 15.3. The average molecular weight is 233 g/mol. The summed E-state index contributed by atoms with van der Waals surface area (Å²) in [5.74, 6) is 2.10. The fourth-order valence-electron chi connectivity index (χ4n) is 3.22. The van der Waals surface area contributed by atoms with E-state index in [1.54, 1.807) is 0 Å². The third-order valence-corrected chi connectivity index (χ3v) is 4.34. The Balaban J connectivity index is 1.47. The predicted molar refractivity (Wildman–Crippen MR) is 68.5 cm³/mol. The van der Waals surface area contributed by atoms with Crippen LogP contribution in [0.15, 0.2) is 12.3 Å². The van der Waals surface area contributed by atoms with Gasteiger partial charge in [-0.3, -0.25) is 4.68 Å². The van der Waals surface area contributed by atoms with E-state index in [2.05, 4.69) is 16.5 Å². The molecule has 94 valence electrons. The maximum Gasteiger partial charge on any atom is 0.0762 e. The Morgan fingerprint density at radius 1 is 1.29 bits per heavy atom. The fourth-order valence-corrected chi connectivity index (χ4v) is 3.22. The average Bonchev–Trinajstić information content (AvgIpc) is 3.11. The summed E-state index contributed by atoms with van der Waals surface area (Å²) in [4.78, 5) is 0. The predicted octanol–water partition coefficient (Wildman–Crippen LogP) is 2.48. The zero-order valence-corrected chi connectivity index (χ0v) is 10.7. The maximum atomic E-state index is 4.42. The molecule has 0 radical (unpaired) electrons. The number of rotatable bonds is 4. The van der Waals surface area contributed by atoms with E-state index in [0.29, 0.717) is 0 Å². The molecule has 1 heterocycles. The molecule has 3 rings (SSSR count). The van der Waals surface area contributed by atoms with Gasteiger partial charge in [-0.1, -0.05) is 12.8 Å². The molecule has 3 heteroatoms. The van der Waals surface area contributed by atoms with E-state index in [9.17, 15) is 0 Å². The second-order valence-corrected chi connectivity index (χ2v) is 5.82. The molecule has 0 saturated heterocycles. The van der Waals surface area contributed by atoms with E-state index in [1.807, 2.05) is 17.9 Å². The van der Waals surface area contributed by atoms with E-state index >= 15 is 0 Å². The lowest BCUT2D eigenvalue weighted by Gasteiger charge is -2.29. The summed E-state index contributed by atoms with van der Waals surface area (Å²) >= 11 is 0. The first-order chi connectivity index (χ1) is 8.31. The van der Waals surface area contributed by atoms with Crippen molar-refractivity contribution < 1.29 is 0 Å². The summed E-state index contributed by atoms with van der Waals surface area (Å²) in [6, 6.07) is 2.84. The molecule has 2 atom stereocenters. The lowest BCUT2D eigenvalue weighted by atomic mass is 9.83. The molecule has 2 fully saturated rings. The fraction of sp³-hybridized carbons (Fsp3) is 0.786. The van der Waals surface area contributed by atoms with Gasteiger partial charge in [-0.2, -0.15) is 5.10 Å². The Labute approximate surface area is 104 Å². The van der Waals surface area contributed by atoms with Crippen LogP contribution < -0.4 is 5.32 Å². The molecule has 0 amide bonds. The first kappa shape index (κ1) is 11.3. The topological polar surface area (TPSA) is 29.9 Å². The van der Waals surface area contributed by atoms with Crippen molar-refractivity contribution in [2.24, 2.45) is 18.9 Å². The van der Waals surface area contributed by atoms with Crippen molar-refractivity contribution in [3.63, 3.8) is 0 Å². The van der Waals surface area contributed by atoms with Gasteiger partial charge in [0.25, 0.3) is 0 Å². The van der Waals surface area contributed by atoms with E-state index in [1.165, 1.54) is 44.2 Å². The number of aryl methyl sites for hydroxylation is 1. The zero-order chi connectivity index (χ0) is 11.7. The van der Waals surface area contributed by atoms with Crippen LogP contribution in [0, 0.1) is 11.8 Å². The van der Waals surface area contributed by atoms with Crippen LogP contribution in [-0.2, 0) is 13.6 Å². The third kappa shape index (κ3) is 2.89. The Morgan fingerprint density at radius 3 is 2.88 bits per heavy atom. The van der Waals surface area contributed by atoms with Crippen LogP contribution in [0.4, 0.5) is 0 Å². The van der Waals surface area contributed by atoms with E-state index in [0.717, 1.165) is 24.4 Å². The van der Waals surface area contributed by atoms with Gasteiger partial charge >= 0.3 is 0 Å². The Morgan fingerprint density at radius 2 is 2.18 bits per heavy atom. The zero-order valence-electron chi connectivity index (χ0n) is 10.7. The number of hydrogen-bond acceptors (Lipinski definition) is 2. The summed E-state index contributed by atoms with van der Waals surface area (Å²) in [7, 11) is 1.98. The van der Waals surface area contributed by atoms with Gasteiger partial charge in [0.15, 0.2) is 0 Å². The number of aromatic nitrogens is 2. The minimum atomic E-state index is 0.733. The molecule has 2 aliphatic carbocycles. The number of hydrogen-bond donors (Lipinski definition) is 1. The molecule has 1 aromatic rings. The minimum Gasteiger partial charge on any atom is -0.308 e. The highest BCUT2D eigenvalue weighted by Crippen LogP contribution is 2.43. The van der Waals surface area contributed by atoms with Crippen molar-refractivity contribution in [3.05, 3.63) is 18.0 Å². The van der Waals surface area contributed by atoms with Crippen molar-refractivity contribution in [1.82, 2.24) is 15.1 Å². The van der Waals surface area contributed by atoms with Crippen molar-refractivity contribution in [1.29, 1.82) is 0 Å². The van der Waals surface area contributed by atoms with Gasteiger partial charge < -0.3 is 5.32 Å². The molecule has 0 aromatic carbocycles. The van der Waals surface area contributed by atoms with Gasteiger partial charge in [0.05, 0.1) is 5.69 Å². The summed E-state index contributed by atoms with van der Waals surface area (Å²) in [5, 5.41) is 8.10. The standard InChI is InChI=1S/C14H23N3/c1-17-8-7-14(16-17)10-15-13-4-2-3-12(9-13)11-5-6-11/h7-8,11-13,15H,2-6,9-10H2,1H3. The molecule has 1 aromatic heterocycles. The highest BCUT2D eigenvalue weighted by Gasteiger charge is 2.34. The molecule has 1 N–H and O–H groups in total. The molecule has 0 aliphatic heterocycles. The van der Waals surface area contributed by atoms with E-state index in [4.69, 9.17) is 0 Å². The van der Waals surface area contributed by atoms with Crippen LogP contribution in [-0.4, -0.2) is 15.8 Å². The molecular formula is C14H23N3. The minimum absolute atomic E-state index is 0.733. The molecule has 0 bridgehead atoms. The maximum absolute atomic E-state index is 4.42. The molecule has 0 spiro atoms. The number of nitrogens with one attached hydrogen (secondary N) is 1. The van der Waals surface area contributed by atoms with E-state index in [-0.39, 0.29) is 0 Å². The van der Waals surface area contributed by atoms with Crippen molar-refractivity contribution in [3.8, 4) is 0 Å². The summed E-state index contributed by atoms with van der Waals surface area (Å²) in [6.45, 7) is 0.933. The van der Waals surface area contributed by atoms with Gasteiger partial charge in [-0.15, -0.1) is 0 Å². The largest absolute Gasteiger partial charge is 0.308 e. The van der Waals surface area contributed by atoms with Crippen molar-refractivity contribution in [2.45, 2.75) is 51.1 Å². The van der Waals surface area contributed by atoms with Gasteiger partial charge in [-0.05, 0) is 43.6 Å². The first-order valence-electron chi connectivity index (χ1n) is 7.03. The summed E-state index contributed by atoms with van der Waals surface area (Å²) in [6.07, 6.45) is 10.7. The molecule has 2 unspecified atom stereocenters. The van der Waals surface area contributed by atoms with Crippen LogP contribution in [0.2, 0.25) is 0 Å². The lowest BCUT2D eigenvalue weighted by Crippen LogP contribution is -2.34. The smallest absolute Gasteiger partial charge is 0.0762 e. The first-order valence-corrected chi connectivity index (χ1v) is 7.03. The van der Waals surface area contributed by atoms with Crippen LogP contribution >= 0.6 is 0 Å². The van der Waals surface area contributed by atoms with Gasteiger partial charge in [0.1, 0.15) is 0 Å². The highest BCUT2D eigenvalue weighted by molar-refractivity contribution is 4.98. The number of nitrogens with zero attached hydrogens (tertiary/aromatic N) is 2. The van der Waals surface area contributed by atoms with Crippen LogP contribution in [0.5, 0.6) is 0 Å². The SMILES string of the molecule is Cn1ccc(CNC2CCCC(C3CC3)C2)n1. The van der Waals surface area contributed by atoms with Gasteiger partial charge in [0.2, 0.25) is 0 Å². The Kier molecular flexibility index (Phi) is 3.19. The van der Waals surface area contributed by atoms with Crippen LogP contribution in [0.1, 0.15) is 44.2 Å². The quantitative estimate of drug-likeness (QED) is 0.866. The van der Waals surface area contributed by atoms with Crippen molar-refractivity contribution in [2.75, 3.05) is 0 Å². The molecule has 2 aliphatic rings. The van der Waals surface area contributed by atoms with Crippen molar-refractivity contribution >= 4 is 0 Å². The summed E-state index contributed by atoms with van der Waals surface area (Å²) < 4.78 is 1.88. The second kappa shape index (κ2) is 4.81. The van der Waals surface area contributed by atoms with Crippen LogP contribution in [0.3, 0.4) is 0 Å². The molecule has 2 saturated carbocycles.